The number of hydrogen-bond acceptors (Lipinski definition) is 6. The zero-order valence-electron chi connectivity index (χ0n) is 12.9. The molecule has 0 rings (SSSR count). The first kappa shape index (κ1) is 21.7. The Kier molecular flexibility index (Phi) is 9.94. The van der Waals surface area contributed by atoms with Gasteiger partial charge in [-0.3, -0.25) is 0 Å². The van der Waals surface area contributed by atoms with Gasteiger partial charge in [-0.25, -0.2) is 0 Å². The van der Waals surface area contributed by atoms with Gasteiger partial charge in [-0.15, -0.1) is 0 Å². The standard InChI is InChI=1S/C12H22AsN3O6S/c1-13(2)16(5-10(18)19)11(20)8(6-23)15-9(17)4-3-7(14)12(21)22/h7-8,23H,3-6,14H2,1-2H3,(H,15,17)(H,18,19)(H,21,22). The minimum atomic E-state index is -1.81. The predicted molar refractivity (Wildman–Crippen MR) is 87.5 cm³/mol. The van der Waals surface area contributed by atoms with E-state index in [0.29, 0.717) is 0 Å². The molecular weight excluding hydrogens is 389 g/mol. The molecule has 0 aliphatic rings. The molecule has 2 atom stereocenters. The third-order valence-electron chi connectivity index (χ3n) is 2.84. The fourth-order valence-corrected chi connectivity index (χ4v) is 3.80. The van der Waals surface area contributed by atoms with Crippen molar-refractivity contribution in [3.8, 4) is 0 Å². The summed E-state index contributed by atoms with van der Waals surface area (Å²) in [7, 11) is 0. The first-order valence-electron chi connectivity index (χ1n) is 6.69. The topological polar surface area (TPSA) is 150 Å². The molecule has 2 unspecified atom stereocenters. The molecule has 11 heteroatoms. The molecule has 0 aliphatic heterocycles. The average Bonchev–Trinajstić information content (AvgIpc) is 2.46. The van der Waals surface area contributed by atoms with Crippen LogP contribution in [0.5, 0.6) is 0 Å². The first-order valence-corrected chi connectivity index (χ1v) is 11.9. The molecule has 132 valence electrons. The van der Waals surface area contributed by atoms with E-state index in [1.165, 1.54) is 3.82 Å². The summed E-state index contributed by atoms with van der Waals surface area (Å²) < 4.78 is 1.26. The molecule has 9 nitrogen and oxygen atoms in total. The quantitative estimate of drug-likeness (QED) is 0.223. The first-order chi connectivity index (χ1) is 10.6. The van der Waals surface area contributed by atoms with E-state index in [9.17, 15) is 19.2 Å². The summed E-state index contributed by atoms with van der Waals surface area (Å²) in [6, 6.07) is -2.11. The van der Waals surface area contributed by atoms with Gasteiger partial charge in [0.05, 0.1) is 0 Å². The van der Waals surface area contributed by atoms with Crippen LogP contribution in [0.25, 0.3) is 0 Å². The second-order valence-electron chi connectivity index (χ2n) is 4.92. The number of carbonyl (C=O) groups excluding carboxylic acids is 2. The van der Waals surface area contributed by atoms with Crippen LogP contribution in [0.4, 0.5) is 0 Å². The van der Waals surface area contributed by atoms with Crippen molar-refractivity contribution in [1.82, 2.24) is 9.13 Å². The third-order valence-corrected chi connectivity index (χ3v) is 5.94. The van der Waals surface area contributed by atoms with Crippen LogP contribution in [0.2, 0.25) is 11.4 Å². The van der Waals surface area contributed by atoms with Crippen LogP contribution in [0.3, 0.4) is 0 Å². The molecule has 0 radical (unpaired) electrons. The van der Waals surface area contributed by atoms with Gasteiger partial charge in [-0.1, -0.05) is 0 Å². The number of aliphatic carboxylic acids is 2. The van der Waals surface area contributed by atoms with Gasteiger partial charge >= 0.3 is 144 Å². The van der Waals surface area contributed by atoms with Crippen LogP contribution in [0.1, 0.15) is 12.8 Å². The van der Waals surface area contributed by atoms with Crippen molar-refractivity contribution in [2.24, 2.45) is 5.73 Å². The Bertz CT molecular complexity index is 462. The molecule has 0 aromatic heterocycles. The van der Waals surface area contributed by atoms with E-state index in [1.807, 2.05) is 0 Å². The van der Waals surface area contributed by atoms with E-state index in [0.717, 1.165) is 0 Å². The Morgan fingerprint density at radius 2 is 1.83 bits per heavy atom. The van der Waals surface area contributed by atoms with Crippen molar-refractivity contribution < 1.29 is 29.4 Å². The van der Waals surface area contributed by atoms with E-state index in [1.54, 1.807) is 11.4 Å². The molecule has 0 heterocycles. The van der Waals surface area contributed by atoms with Crippen molar-refractivity contribution in [1.29, 1.82) is 0 Å². The van der Waals surface area contributed by atoms with Gasteiger partial charge < -0.3 is 0 Å². The molecule has 5 N–H and O–H groups in total. The summed E-state index contributed by atoms with van der Waals surface area (Å²) in [6.07, 6.45) is -0.212. The number of nitrogens with zero attached hydrogens (tertiary/aromatic N) is 1. The van der Waals surface area contributed by atoms with Crippen LogP contribution in [-0.2, 0) is 19.2 Å². The number of carboxylic acids is 2. The minimum absolute atomic E-state index is 0.00785. The van der Waals surface area contributed by atoms with Gasteiger partial charge in [0.1, 0.15) is 0 Å². The molecule has 0 saturated carbocycles. The van der Waals surface area contributed by atoms with Gasteiger partial charge in [0.15, 0.2) is 0 Å². The SMILES string of the molecule is C[As](C)N(CC(=O)O)C(=O)C(CS)NC(=O)CCC(N)C(=O)O. The van der Waals surface area contributed by atoms with E-state index in [4.69, 9.17) is 15.9 Å². The van der Waals surface area contributed by atoms with Crippen LogP contribution < -0.4 is 11.1 Å². The number of rotatable bonds is 10. The van der Waals surface area contributed by atoms with Crippen LogP contribution in [0, 0.1) is 0 Å². The van der Waals surface area contributed by atoms with Crippen molar-refractivity contribution >= 4 is 51.3 Å². The fourth-order valence-electron chi connectivity index (χ4n) is 1.59. The summed E-state index contributed by atoms with van der Waals surface area (Å²) >= 11 is 2.20. The third kappa shape index (κ3) is 8.24. The van der Waals surface area contributed by atoms with E-state index < -0.39 is 57.3 Å². The summed E-state index contributed by atoms with van der Waals surface area (Å²) in [5.74, 6) is -3.36. The van der Waals surface area contributed by atoms with Gasteiger partial charge in [-0.2, -0.15) is 0 Å². The average molecular weight is 411 g/mol. The predicted octanol–water partition coefficient (Wildman–Crippen LogP) is -1.24. The van der Waals surface area contributed by atoms with Gasteiger partial charge in [0.2, 0.25) is 0 Å². The Balaban J connectivity index is 4.73. The zero-order valence-corrected chi connectivity index (χ0v) is 15.7. The van der Waals surface area contributed by atoms with Crippen LogP contribution in [0.15, 0.2) is 0 Å². The van der Waals surface area contributed by atoms with E-state index >= 15 is 0 Å². The van der Waals surface area contributed by atoms with Crippen molar-refractivity contribution in [3.05, 3.63) is 0 Å². The molecule has 2 amide bonds. The number of carbonyl (C=O) groups is 4. The molecule has 0 aromatic rings. The monoisotopic (exact) mass is 411 g/mol. The van der Waals surface area contributed by atoms with Crippen molar-refractivity contribution in [3.63, 3.8) is 0 Å². The molecule has 0 fully saturated rings. The number of amides is 2. The Morgan fingerprint density at radius 3 is 2.22 bits per heavy atom. The second kappa shape index (κ2) is 10.5. The summed E-state index contributed by atoms with van der Waals surface area (Å²) in [4.78, 5) is 45.6. The normalized spacial score (nSPS) is 13.3. The number of carboxylic acid groups (broad SMARTS) is 2. The summed E-state index contributed by atoms with van der Waals surface area (Å²) in [5, 5.41) is 20.0. The van der Waals surface area contributed by atoms with Gasteiger partial charge in [0, 0.05) is 0 Å². The fraction of sp³-hybridized carbons (Fsp3) is 0.667. The van der Waals surface area contributed by atoms with Gasteiger partial charge in [-0.05, 0) is 0 Å². The zero-order chi connectivity index (χ0) is 18.2. The van der Waals surface area contributed by atoms with Gasteiger partial charge in [0.25, 0.3) is 0 Å². The molecule has 0 spiro atoms. The molecule has 0 saturated heterocycles. The van der Waals surface area contributed by atoms with E-state index in [2.05, 4.69) is 17.9 Å². The maximum absolute atomic E-state index is 12.3. The van der Waals surface area contributed by atoms with Crippen molar-refractivity contribution in [2.45, 2.75) is 36.3 Å². The summed E-state index contributed by atoms with van der Waals surface area (Å²) in [5.41, 5.74) is 8.91. The molecule has 0 aliphatic carbocycles. The van der Waals surface area contributed by atoms with Crippen LogP contribution in [-0.4, -0.2) is 77.0 Å². The van der Waals surface area contributed by atoms with Crippen LogP contribution >= 0.6 is 12.6 Å². The van der Waals surface area contributed by atoms with E-state index in [-0.39, 0.29) is 18.6 Å². The van der Waals surface area contributed by atoms with Crippen molar-refractivity contribution in [2.75, 3.05) is 12.3 Å². The molecule has 23 heavy (non-hydrogen) atoms. The Morgan fingerprint density at radius 1 is 1.26 bits per heavy atom. The number of nitrogens with one attached hydrogen (secondary N) is 1. The Hall–Kier alpha value is -1.25. The summed E-state index contributed by atoms with van der Waals surface area (Å²) in [6.45, 7) is -0.421. The number of thiol groups is 1. The second-order valence-corrected chi connectivity index (χ2v) is 9.86. The number of hydrogen-bond donors (Lipinski definition) is 5. The number of nitrogens with two attached hydrogens (primary N) is 1. The molecular formula is C12H22AsN3O6S. The maximum atomic E-state index is 12.3. The Labute approximate surface area is 144 Å². The molecule has 0 bridgehead atoms. The molecule has 0 aromatic carbocycles.